The Hall–Kier alpha value is -1.93. The zero-order valence-electron chi connectivity index (χ0n) is 13.7. The topological polar surface area (TPSA) is 95.9 Å². The minimum atomic E-state index is -3.14. The van der Waals surface area contributed by atoms with Crippen LogP contribution in [0.5, 0.6) is 0 Å². The molecule has 7 nitrogen and oxygen atoms in total. The Morgan fingerprint density at radius 3 is 2.80 bits per heavy atom. The summed E-state index contributed by atoms with van der Waals surface area (Å²) in [6, 6.07) is 4.67. The Bertz CT molecular complexity index is 866. The standard InChI is InChI=1S/C16H18ClN3O4S/c1-10-2-3-11(17)8-14(10)18-16(22)13-4-5-15(21)20(19-13)12-6-7-25(23,24)9-12/h2-3,8,12H,4-7,9H2,1H3,(H,18,22)/t12-/m0/s1. The van der Waals surface area contributed by atoms with Gasteiger partial charge in [-0.3, -0.25) is 9.59 Å². The highest BCUT2D eigenvalue weighted by molar-refractivity contribution is 7.91. The predicted octanol–water partition coefficient (Wildman–Crippen LogP) is 1.75. The van der Waals surface area contributed by atoms with Gasteiger partial charge in [0, 0.05) is 23.6 Å². The molecule has 0 spiro atoms. The van der Waals surface area contributed by atoms with Gasteiger partial charge < -0.3 is 5.32 Å². The summed E-state index contributed by atoms with van der Waals surface area (Å²) < 4.78 is 23.3. The SMILES string of the molecule is Cc1ccc(Cl)cc1NC(=O)C1=NN([C@H]2CCS(=O)(=O)C2)C(=O)CC1. The fourth-order valence-electron chi connectivity index (χ4n) is 2.91. The van der Waals surface area contributed by atoms with Crippen molar-refractivity contribution in [3.8, 4) is 0 Å². The summed E-state index contributed by atoms with van der Waals surface area (Å²) in [5, 5.41) is 8.58. The summed E-state index contributed by atoms with van der Waals surface area (Å²) in [5.74, 6) is -0.730. The van der Waals surface area contributed by atoms with E-state index in [1.807, 2.05) is 6.92 Å². The van der Waals surface area contributed by atoms with Crippen LogP contribution < -0.4 is 5.32 Å². The first-order valence-corrected chi connectivity index (χ1v) is 10.1. The third-order valence-corrected chi connectivity index (χ3v) is 6.31. The van der Waals surface area contributed by atoms with Gasteiger partial charge in [0.25, 0.3) is 5.91 Å². The number of aryl methyl sites for hydroxylation is 1. The van der Waals surface area contributed by atoms with Crippen molar-refractivity contribution >= 4 is 44.7 Å². The zero-order chi connectivity index (χ0) is 18.2. The summed E-state index contributed by atoms with van der Waals surface area (Å²) >= 11 is 5.95. The maximum atomic E-state index is 12.5. The number of anilines is 1. The van der Waals surface area contributed by atoms with Crippen LogP contribution in [0.1, 0.15) is 24.8 Å². The van der Waals surface area contributed by atoms with Crippen molar-refractivity contribution in [1.82, 2.24) is 5.01 Å². The van der Waals surface area contributed by atoms with E-state index in [2.05, 4.69) is 10.4 Å². The van der Waals surface area contributed by atoms with Crippen molar-refractivity contribution in [2.45, 2.75) is 32.2 Å². The van der Waals surface area contributed by atoms with E-state index in [0.717, 1.165) is 5.56 Å². The molecule has 3 rings (SSSR count). The smallest absolute Gasteiger partial charge is 0.271 e. The molecule has 9 heteroatoms. The quantitative estimate of drug-likeness (QED) is 0.860. The Balaban J connectivity index is 1.79. The van der Waals surface area contributed by atoms with Gasteiger partial charge in [0.1, 0.15) is 5.71 Å². The predicted molar refractivity (Wildman–Crippen MR) is 95.4 cm³/mol. The lowest BCUT2D eigenvalue weighted by molar-refractivity contribution is -0.133. The Morgan fingerprint density at radius 2 is 2.12 bits per heavy atom. The average molecular weight is 384 g/mol. The second-order valence-corrected chi connectivity index (χ2v) is 8.92. The molecule has 1 atom stereocenters. The number of nitrogens with one attached hydrogen (secondary N) is 1. The third kappa shape index (κ3) is 4.01. The van der Waals surface area contributed by atoms with Crippen LogP contribution in [-0.4, -0.2) is 48.5 Å². The normalized spacial score (nSPS) is 22.6. The second-order valence-electron chi connectivity index (χ2n) is 6.26. The molecule has 2 aliphatic heterocycles. The van der Waals surface area contributed by atoms with Gasteiger partial charge in [-0.2, -0.15) is 5.10 Å². The first-order chi connectivity index (χ1) is 11.7. The molecule has 0 bridgehead atoms. The van der Waals surface area contributed by atoms with Crippen LogP contribution in [0.3, 0.4) is 0 Å². The van der Waals surface area contributed by atoms with E-state index in [9.17, 15) is 18.0 Å². The van der Waals surface area contributed by atoms with Gasteiger partial charge in [0.15, 0.2) is 9.84 Å². The van der Waals surface area contributed by atoms with Crippen LogP contribution >= 0.6 is 11.6 Å². The molecule has 25 heavy (non-hydrogen) atoms. The van der Waals surface area contributed by atoms with Crippen molar-refractivity contribution in [1.29, 1.82) is 0 Å². The highest BCUT2D eigenvalue weighted by Gasteiger charge is 2.37. The minimum Gasteiger partial charge on any atom is -0.321 e. The van der Waals surface area contributed by atoms with Crippen LogP contribution in [-0.2, 0) is 19.4 Å². The van der Waals surface area contributed by atoms with Gasteiger partial charge in [0.2, 0.25) is 5.91 Å². The van der Waals surface area contributed by atoms with E-state index >= 15 is 0 Å². The van der Waals surface area contributed by atoms with Gasteiger partial charge in [-0.05, 0) is 31.0 Å². The molecule has 0 radical (unpaired) electrons. The molecule has 0 aromatic heterocycles. The summed E-state index contributed by atoms with van der Waals surface area (Å²) in [6.07, 6.45) is 0.706. The van der Waals surface area contributed by atoms with Crippen LogP contribution in [0.25, 0.3) is 0 Å². The van der Waals surface area contributed by atoms with Gasteiger partial charge in [-0.25, -0.2) is 13.4 Å². The van der Waals surface area contributed by atoms with Crippen molar-refractivity contribution < 1.29 is 18.0 Å². The fraction of sp³-hybridized carbons (Fsp3) is 0.438. The number of carbonyl (C=O) groups excluding carboxylic acids is 2. The second kappa shape index (κ2) is 6.76. The van der Waals surface area contributed by atoms with E-state index < -0.39 is 21.8 Å². The highest BCUT2D eigenvalue weighted by atomic mass is 35.5. The summed E-state index contributed by atoms with van der Waals surface area (Å²) in [4.78, 5) is 24.6. The molecule has 0 aliphatic carbocycles. The molecule has 2 amide bonds. The summed E-state index contributed by atoms with van der Waals surface area (Å²) in [7, 11) is -3.14. The molecular weight excluding hydrogens is 366 g/mol. The molecule has 1 fully saturated rings. The Kier molecular flexibility index (Phi) is 4.83. The first kappa shape index (κ1) is 17.9. The molecule has 0 saturated carbocycles. The highest BCUT2D eigenvalue weighted by Crippen LogP contribution is 2.24. The number of hydrogen-bond donors (Lipinski definition) is 1. The minimum absolute atomic E-state index is 0.0419. The number of amides is 2. The number of benzene rings is 1. The maximum absolute atomic E-state index is 12.5. The molecule has 1 aromatic carbocycles. The van der Waals surface area contributed by atoms with Gasteiger partial charge >= 0.3 is 0 Å². The number of hydrazone groups is 1. The molecule has 134 valence electrons. The Labute approximate surface area is 150 Å². The van der Waals surface area contributed by atoms with Crippen molar-refractivity contribution in [2.75, 3.05) is 16.8 Å². The molecule has 2 heterocycles. The van der Waals surface area contributed by atoms with Crippen LogP contribution in [0.4, 0.5) is 5.69 Å². The van der Waals surface area contributed by atoms with E-state index in [1.54, 1.807) is 18.2 Å². The van der Waals surface area contributed by atoms with Gasteiger partial charge in [0.05, 0.1) is 17.5 Å². The summed E-state index contributed by atoms with van der Waals surface area (Å²) in [5.41, 5.74) is 1.64. The van der Waals surface area contributed by atoms with E-state index in [4.69, 9.17) is 11.6 Å². The largest absolute Gasteiger partial charge is 0.321 e. The Morgan fingerprint density at radius 1 is 1.36 bits per heavy atom. The number of sulfone groups is 1. The number of halogens is 1. The maximum Gasteiger partial charge on any atom is 0.271 e. The van der Waals surface area contributed by atoms with Crippen LogP contribution in [0, 0.1) is 6.92 Å². The third-order valence-electron chi connectivity index (χ3n) is 4.32. The molecular formula is C16H18ClN3O4S. The lowest BCUT2D eigenvalue weighted by atomic mass is 10.1. The number of nitrogens with zero attached hydrogens (tertiary/aromatic N) is 2. The average Bonchev–Trinajstić information content (AvgIpc) is 2.91. The zero-order valence-corrected chi connectivity index (χ0v) is 15.2. The van der Waals surface area contributed by atoms with Crippen molar-refractivity contribution in [3.05, 3.63) is 28.8 Å². The van der Waals surface area contributed by atoms with E-state index in [-0.39, 0.29) is 36.0 Å². The lowest BCUT2D eigenvalue weighted by Crippen LogP contribution is -2.42. The molecule has 0 unspecified atom stereocenters. The van der Waals surface area contributed by atoms with E-state index in [1.165, 1.54) is 5.01 Å². The van der Waals surface area contributed by atoms with Crippen molar-refractivity contribution in [3.63, 3.8) is 0 Å². The van der Waals surface area contributed by atoms with Gasteiger partial charge in [-0.15, -0.1) is 0 Å². The molecule has 1 N–H and O–H groups in total. The fourth-order valence-corrected chi connectivity index (χ4v) is 4.78. The molecule has 2 aliphatic rings. The number of carbonyl (C=O) groups is 2. The number of hydrogen-bond acceptors (Lipinski definition) is 5. The van der Waals surface area contributed by atoms with Crippen molar-refractivity contribution in [2.24, 2.45) is 5.10 Å². The lowest BCUT2D eigenvalue weighted by Gasteiger charge is -2.27. The first-order valence-electron chi connectivity index (χ1n) is 7.92. The number of rotatable bonds is 3. The van der Waals surface area contributed by atoms with Crippen LogP contribution in [0.2, 0.25) is 5.02 Å². The monoisotopic (exact) mass is 383 g/mol. The van der Waals surface area contributed by atoms with E-state index in [0.29, 0.717) is 17.1 Å². The molecule has 1 aromatic rings. The molecule has 1 saturated heterocycles. The van der Waals surface area contributed by atoms with Gasteiger partial charge in [-0.1, -0.05) is 17.7 Å². The summed E-state index contributed by atoms with van der Waals surface area (Å²) in [6.45, 7) is 1.84. The van der Waals surface area contributed by atoms with Crippen LogP contribution in [0.15, 0.2) is 23.3 Å².